The molecule has 0 atom stereocenters. The zero-order valence-corrected chi connectivity index (χ0v) is 12.6. The lowest BCUT2D eigenvalue weighted by molar-refractivity contribution is -0.117. The molecule has 1 aliphatic carbocycles. The molecular formula is C16H16N4O3. The molecule has 0 aromatic carbocycles. The van der Waals surface area contributed by atoms with Crippen molar-refractivity contribution in [2.75, 3.05) is 12.4 Å². The second-order valence-corrected chi connectivity index (χ2v) is 5.33. The van der Waals surface area contributed by atoms with E-state index in [0.717, 1.165) is 18.4 Å². The summed E-state index contributed by atoms with van der Waals surface area (Å²) in [6.45, 7) is 0. The number of nitrogens with zero attached hydrogens (tertiary/aromatic N) is 2. The zero-order valence-electron chi connectivity index (χ0n) is 12.6. The maximum absolute atomic E-state index is 11.8. The average Bonchev–Trinajstić information content (AvgIpc) is 3.39. The van der Waals surface area contributed by atoms with Crippen molar-refractivity contribution in [1.29, 1.82) is 0 Å². The number of aromatic nitrogens is 2. The Labute approximate surface area is 132 Å². The van der Waals surface area contributed by atoms with Crippen molar-refractivity contribution >= 4 is 17.6 Å². The Balaban J connectivity index is 1.89. The fourth-order valence-corrected chi connectivity index (χ4v) is 2.18. The van der Waals surface area contributed by atoms with Crippen molar-refractivity contribution in [3.63, 3.8) is 0 Å². The highest BCUT2D eigenvalue weighted by atomic mass is 16.5. The third kappa shape index (κ3) is 3.28. The van der Waals surface area contributed by atoms with E-state index in [-0.39, 0.29) is 17.4 Å². The Morgan fingerprint density at radius 3 is 2.74 bits per heavy atom. The number of pyridine rings is 2. The summed E-state index contributed by atoms with van der Waals surface area (Å²) in [4.78, 5) is 31.5. The number of rotatable bonds is 5. The first-order chi connectivity index (χ1) is 11.1. The molecule has 7 nitrogen and oxygen atoms in total. The summed E-state index contributed by atoms with van der Waals surface area (Å²) >= 11 is 0. The number of ether oxygens (including phenoxy) is 1. The van der Waals surface area contributed by atoms with Gasteiger partial charge in [0.2, 0.25) is 5.91 Å². The lowest BCUT2D eigenvalue weighted by Crippen LogP contribution is -2.14. The van der Waals surface area contributed by atoms with Crippen LogP contribution >= 0.6 is 0 Å². The van der Waals surface area contributed by atoms with Crippen molar-refractivity contribution in [2.45, 2.75) is 12.8 Å². The third-order valence-corrected chi connectivity index (χ3v) is 3.61. The van der Waals surface area contributed by atoms with Crippen LogP contribution in [-0.4, -0.2) is 28.9 Å². The van der Waals surface area contributed by atoms with Crippen LogP contribution in [0.25, 0.3) is 11.3 Å². The Kier molecular flexibility index (Phi) is 3.92. The summed E-state index contributed by atoms with van der Waals surface area (Å²) in [5.74, 6) is 0.313. The molecule has 0 radical (unpaired) electrons. The molecule has 1 saturated carbocycles. The summed E-state index contributed by atoms with van der Waals surface area (Å²) in [5, 5.41) is 2.79. The number of methoxy groups -OCH3 is 1. The van der Waals surface area contributed by atoms with E-state index in [1.54, 1.807) is 24.4 Å². The minimum absolute atomic E-state index is 0.00994. The summed E-state index contributed by atoms with van der Waals surface area (Å²) in [7, 11) is 1.46. The molecule has 118 valence electrons. The van der Waals surface area contributed by atoms with Gasteiger partial charge in [-0.05, 0) is 25.0 Å². The van der Waals surface area contributed by atoms with Crippen LogP contribution in [0.5, 0.6) is 5.75 Å². The highest BCUT2D eigenvalue weighted by Crippen LogP contribution is 2.30. The molecule has 2 amide bonds. The van der Waals surface area contributed by atoms with Gasteiger partial charge in [-0.15, -0.1) is 0 Å². The second-order valence-electron chi connectivity index (χ2n) is 5.33. The molecule has 0 saturated heterocycles. The van der Waals surface area contributed by atoms with Crippen LogP contribution in [0.2, 0.25) is 0 Å². The van der Waals surface area contributed by atoms with Crippen molar-refractivity contribution in [1.82, 2.24) is 9.97 Å². The molecule has 0 aliphatic heterocycles. The first-order valence-electron chi connectivity index (χ1n) is 7.19. The largest absolute Gasteiger partial charge is 0.496 e. The minimum atomic E-state index is -0.604. The zero-order chi connectivity index (χ0) is 16.4. The van der Waals surface area contributed by atoms with Gasteiger partial charge in [0.1, 0.15) is 11.6 Å². The van der Waals surface area contributed by atoms with Gasteiger partial charge in [-0.2, -0.15) is 0 Å². The van der Waals surface area contributed by atoms with E-state index in [0.29, 0.717) is 17.3 Å². The number of nitrogens with two attached hydrogens (primary N) is 1. The molecule has 2 aromatic rings. The van der Waals surface area contributed by atoms with Crippen molar-refractivity contribution in [2.24, 2.45) is 11.7 Å². The molecule has 2 heterocycles. The number of hydrogen-bond acceptors (Lipinski definition) is 5. The quantitative estimate of drug-likeness (QED) is 0.872. The highest BCUT2D eigenvalue weighted by Gasteiger charge is 2.29. The Morgan fingerprint density at radius 1 is 1.30 bits per heavy atom. The number of hydrogen-bond donors (Lipinski definition) is 2. The van der Waals surface area contributed by atoms with Gasteiger partial charge in [0.15, 0.2) is 0 Å². The fraction of sp³-hybridized carbons (Fsp3) is 0.250. The monoisotopic (exact) mass is 312 g/mol. The lowest BCUT2D eigenvalue weighted by atomic mass is 10.1. The predicted molar refractivity (Wildman–Crippen MR) is 83.9 cm³/mol. The highest BCUT2D eigenvalue weighted by molar-refractivity contribution is 5.96. The smallest absolute Gasteiger partial charge is 0.254 e. The maximum atomic E-state index is 11.8. The number of primary amides is 1. The Morgan fingerprint density at radius 2 is 2.09 bits per heavy atom. The van der Waals surface area contributed by atoms with Crippen LogP contribution in [0, 0.1) is 5.92 Å². The van der Waals surface area contributed by atoms with E-state index in [9.17, 15) is 9.59 Å². The lowest BCUT2D eigenvalue weighted by Gasteiger charge is -2.09. The van der Waals surface area contributed by atoms with Crippen LogP contribution < -0.4 is 15.8 Å². The number of carbonyl (C=O) groups is 2. The van der Waals surface area contributed by atoms with E-state index >= 15 is 0 Å². The number of amides is 2. The molecule has 1 fully saturated rings. The molecule has 2 aromatic heterocycles. The summed E-state index contributed by atoms with van der Waals surface area (Å²) in [5.41, 5.74) is 6.84. The summed E-state index contributed by atoms with van der Waals surface area (Å²) in [6, 6.07) is 5.12. The van der Waals surface area contributed by atoms with Crippen LogP contribution in [-0.2, 0) is 4.79 Å². The second kappa shape index (κ2) is 6.04. The van der Waals surface area contributed by atoms with Crippen LogP contribution in [0.15, 0.2) is 30.6 Å². The van der Waals surface area contributed by atoms with Crippen LogP contribution in [0.3, 0.4) is 0 Å². The van der Waals surface area contributed by atoms with Gasteiger partial charge in [0.25, 0.3) is 5.91 Å². The van der Waals surface area contributed by atoms with Crippen molar-refractivity contribution < 1.29 is 14.3 Å². The van der Waals surface area contributed by atoms with Gasteiger partial charge in [-0.3, -0.25) is 14.6 Å². The van der Waals surface area contributed by atoms with Gasteiger partial charge < -0.3 is 15.8 Å². The van der Waals surface area contributed by atoms with Gasteiger partial charge in [-0.25, -0.2) is 4.98 Å². The van der Waals surface area contributed by atoms with E-state index in [1.807, 2.05) is 0 Å². The van der Waals surface area contributed by atoms with E-state index < -0.39 is 5.91 Å². The molecule has 7 heteroatoms. The number of anilines is 1. The van der Waals surface area contributed by atoms with Crippen LogP contribution in [0.4, 0.5) is 5.82 Å². The normalized spacial score (nSPS) is 13.4. The molecule has 0 unspecified atom stereocenters. The molecule has 23 heavy (non-hydrogen) atoms. The van der Waals surface area contributed by atoms with Crippen molar-refractivity contribution in [3.8, 4) is 17.0 Å². The molecule has 0 bridgehead atoms. The predicted octanol–water partition coefficient (Wildman–Crippen LogP) is 1.60. The molecular weight excluding hydrogens is 296 g/mol. The summed E-state index contributed by atoms with van der Waals surface area (Å²) < 4.78 is 5.18. The van der Waals surface area contributed by atoms with E-state index in [1.165, 1.54) is 13.3 Å². The molecule has 1 aliphatic rings. The maximum Gasteiger partial charge on any atom is 0.254 e. The molecule has 0 spiro atoms. The van der Waals surface area contributed by atoms with Crippen molar-refractivity contribution in [3.05, 3.63) is 36.2 Å². The first kappa shape index (κ1) is 15.0. The topological polar surface area (TPSA) is 107 Å². The average molecular weight is 312 g/mol. The van der Waals surface area contributed by atoms with Crippen LogP contribution in [0.1, 0.15) is 23.2 Å². The standard InChI is InChI=1S/C16H16N4O3/c1-23-13-7-12(19-8-11(13)15(17)21)10-4-5-18-14(6-10)20-16(22)9-2-3-9/h4-9H,2-3H2,1H3,(H2,17,21)(H,18,20,22). The van der Waals surface area contributed by atoms with E-state index in [2.05, 4.69) is 15.3 Å². The van der Waals surface area contributed by atoms with Gasteiger partial charge in [-0.1, -0.05) is 0 Å². The molecule has 3 rings (SSSR count). The molecule has 3 N–H and O–H groups in total. The van der Waals surface area contributed by atoms with E-state index in [4.69, 9.17) is 10.5 Å². The van der Waals surface area contributed by atoms with Gasteiger partial charge >= 0.3 is 0 Å². The SMILES string of the molecule is COc1cc(-c2ccnc(NC(=O)C3CC3)c2)ncc1C(N)=O. The van der Waals surface area contributed by atoms with Gasteiger partial charge in [0, 0.05) is 29.9 Å². The summed E-state index contributed by atoms with van der Waals surface area (Å²) in [6.07, 6.45) is 4.82. The fourth-order valence-electron chi connectivity index (χ4n) is 2.18. The van der Waals surface area contributed by atoms with Gasteiger partial charge in [0.05, 0.1) is 18.4 Å². The third-order valence-electron chi connectivity index (χ3n) is 3.61. The Bertz CT molecular complexity index is 772. The minimum Gasteiger partial charge on any atom is -0.496 e. The number of carbonyl (C=O) groups excluding carboxylic acids is 2. The number of nitrogens with one attached hydrogen (secondary N) is 1. The Hall–Kier alpha value is -2.96. The first-order valence-corrected chi connectivity index (χ1v) is 7.19.